The summed E-state index contributed by atoms with van der Waals surface area (Å²) in [5, 5.41) is 9.63. The van der Waals surface area contributed by atoms with Gasteiger partial charge in [-0.05, 0) is 50.5 Å². The van der Waals surface area contributed by atoms with Crippen LogP contribution in [0.3, 0.4) is 0 Å². The molecule has 4 rings (SSSR count). The number of amides is 3. The molecule has 0 spiro atoms. The molecule has 2 aromatic carbocycles. The topological polar surface area (TPSA) is 92.2 Å². The van der Waals surface area contributed by atoms with Crippen LogP contribution in [0.2, 0.25) is 0 Å². The van der Waals surface area contributed by atoms with E-state index in [1.54, 1.807) is 24.3 Å². The largest absolute Gasteiger partial charge is 0.356 e. The number of carbonyl (C=O) groups is 3. The van der Waals surface area contributed by atoms with E-state index in [0.29, 0.717) is 23.8 Å². The number of para-hydroxylation sites is 2. The van der Waals surface area contributed by atoms with E-state index in [4.69, 9.17) is 0 Å². The minimum atomic E-state index is -0.746. The van der Waals surface area contributed by atoms with Crippen molar-refractivity contribution >= 4 is 34.3 Å². The number of nitrogens with one attached hydrogen (secondary N) is 3. The van der Waals surface area contributed by atoms with Crippen LogP contribution in [-0.2, 0) is 16.0 Å². The Morgan fingerprint density at radius 2 is 1.84 bits per heavy atom. The molecule has 0 saturated heterocycles. The Balaban J connectivity index is 1.30. The van der Waals surface area contributed by atoms with E-state index in [2.05, 4.69) is 52.7 Å². The van der Waals surface area contributed by atoms with Crippen molar-refractivity contribution in [2.24, 2.45) is 0 Å². The number of benzene rings is 2. The van der Waals surface area contributed by atoms with Gasteiger partial charge in [-0.1, -0.05) is 30.3 Å². The third kappa shape index (κ3) is 4.51. The number of carbonyl (C=O) groups excluding carboxylic acids is 3. The normalized spacial score (nSPS) is 15.8. The predicted molar refractivity (Wildman–Crippen MR) is 125 cm³/mol. The lowest BCUT2D eigenvalue weighted by Gasteiger charge is -2.14. The number of aromatic nitrogens is 1. The third-order valence-electron chi connectivity index (χ3n) is 5.81. The predicted octanol–water partition coefficient (Wildman–Crippen LogP) is 3.41. The van der Waals surface area contributed by atoms with E-state index in [-0.39, 0.29) is 30.6 Å². The molecule has 0 radical (unpaired) electrons. The van der Waals surface area contributed by atoms with Gasteiger partial charge >= 0.3 is 0 Å². The molecule has 3 aromatic rings. The van der Waals surface area contributed by atoms with Crippen molar-refractivity contribution in [3.63, 3.8) is 0 Å². The summed E-state index contributed by atoms with van der Waals surface area (Å²) in [5.74, 6) is -0.759. The zero-order valence-corrected chi connectivity index (χ0v) is 18.4. The number of fused-ring (bicyclic) bond motifs is 2. The average molecular weight is 433 g/mol. The van der Waals surface area contributed by atoms with Crippen LogP contribution in [0.5, 0.6) is 0 Å². The van der Waals surface area contributed by atoms with Gasteiger partial charge in [0.25, 0.3) is 5.91 Å². The first-order valence-electron chi connectivity index (χ1n) is 11.0. The summed E-state index contributed by atoms with van der Waals surface area (Å²) in [6.07, 6.45) is 3.28. The highest BCUT2D eigenvalue weighted by molar-refractivity contribution is 6.09. The fourth-order valence-corrected chi connectivity index (χ4v) is 4.12. The maximum absolute atomic E-state index is 12.5. The van der Waals surface area contributed by atoms with E-state index in [9.17, 15) is 14.4 Å². The Labute approximate surface area is 187 Å². The molecule has 0 unspecified atom stereocenters. The van der Waals surface area contributed by atoms with Crippen molar-refractivity contribution in [1.82, 2.24) is 15.2 Å². The minimum absolute atomic E-state index is 0.138. The minimum Gasteiger partial charge on any atom is -0.356 e. The summed E-state index contributed by atoms with van der Waals surface area (Å²) in [7, 11) is 0. The van der Waals surface area contributed by atoms with Crippen molar-refractivity contribution in [2.45, 2.75) is 45.2 Å². The quantitative estimate of drug-likeness (QED) is 0.534. The van der Waals surface area contributed by atoms with Crippen LogP contribution in [0, 0.1) is 0 Å². The van der Waals surface area contributed by atoms with Crippen LogP contribution in [-0.4, -0.2) is 34.9 Å². The molecule has 7 heteroatoms. The molecule has 7 nitrogen and oxygen atoms in total. The molecular formula is C25H28N4O3. The van der Waals surface area contributed by atoms with Gasteiger partial charge in [0.1, 0.15) is 6.04 Å². The van der Waals surface area contributed by atoms with Gasteiger partial charge in [-0.2, -0.15) is 0 Å². The van der Waals surface area contributed by atoms with Crippen molar-refractivity contribution < 1.29 is 14.4 Å². The smallest absolute Gasteiger partial charge is 0.254 e. The molecule has 1 aliphatic heterocycles. The van der Waals surface area contributed by atoms with Gasteiger partial charge < -0.3 is 20.5 Å². The van der Waals surface area contributed by atoms with Crippen molar-refractivity contribution in [3.05, 3.63) is 65.9 Å². The Kier molecular flexibility index (Phi) is 6.25. The maximum Gasteiger partial charge on any atom is 0.254 e. The number of rotatable bonds is 7. The van der Waals surface area contributed by atoms with Crippen LogP contribution in [0.15, 0.2) is 54.7 Å². The van der Waals surface area contributed by atoms with Crippen LogP contribution in [0.4, 0.5) is 5.69 Å². The van der Waals surface area contributed by atoms with Gasteiger partial charge in [0.05, 0.1) is 11.3 Å². The molecule has 0 aliphatic carbocycles. The molecule has 2 heterocycles. The lowest BCUT2D eigenvalue weighted by Crippen LogP contribution is -2.42. The van der Waals surface area contributed by atoms with E-state index in [0.717, 1.165) is 6.42 Å². The van der Waals surface area contributed by atoms with Crippen molar-refractivity contribution in [3.8, 4) is 0 Å². The van der Waals surface area contributed by atoms with Gasteiger partial charge in [-0.3, -0.25) is 14.4 Å². The molecule has 0 saturated carbocycles. The monoisotopic (exact) mass is 432 g/mol. The molecule has 1 atom stereocenters. The Bertz CT molecular complexity index is 1160. The molecule has 1 aliphatic rings. The summed E-state index contributed by atoms with van der Waals surface area (Å²) in [5.41, 5.74) is 3.30. The van der Waals surface area contributed by atoms with Gasteiger partial charge in [0, 0.05) is 36.1 Å². The first kappa shape index (κ1) is 21.6. The first-order valence-corrected chi connectivity index (χ1v) is 11.0. The second-order valence-electron chi connectivity index (χ2n) is 8.37. The van der Waals surface area contributed by atoms with Crippen molar-refractivity contribution in [2.75, 3.05) is 11.9 Å². The highest BCUT2D eigenvalue weighted by Crippen LogP contribution is 2.25. The van der Waals surface area contributed by atoms with Gasteiger partial charge in [0.15, 0.2) is 0 Å². The maximum atomic E-state index is 12.5. The molecule has 3 N–H and O–H groups in total. The zero-order chi connectivity index (χ0) is 22.7. The molecule has 32 heavy (non-hydrogen) atoms. The fraction of sp³-hybridized carbons (Fsp3) is 0.320. The van der Waals surface area contributed by atoms with Gasteiger partial charge in [-0.25, -0.2) is 0 Å². The summed E-state index contributed by atoms with van der Waals surface area (Å²) in [6, 6.07) is 14.8. The molecule has 166 valence electrons. The fourth-order valence-electron chi connectivity index (χ4n) is 4.12. The molecule has 3 amide bonds. The van der Waals surface area contributed by atoms with Gasteiger partial charge in [0.2, 0.25) is 11.8 Å². The molecule has 0 bridgehead atoms. The zero-order valence-electron chi connectivity index (χ0n) is 18.4. The number of hydrogen-bond acceptors (Lipinski definition) is 3. The Hall–Kier alpha value is -3.61. The van der Waals surface area contributed by atoms with Crippen LogP contribution in [0.1, 0.15) is 48.7 Å². The lowest BCUT2D eigenvalue weighted by atomic mass is 10.1. The second-order valence-corrected chi connectivity index (χ2v) is 8.37. The number of hydrogen-bond donors (Lipinski definition) is 3. The highest BCUT2D eigenvalue weighted by Gasteiger charge is 2.27. The van der Waals surface area contributed by atoms with Crippen LogP contribution < -0.4 is 16.0 Å². The molecular weight excluding hydrogens is 404 g/mol. The third-order valence-corrected chi connectivity index (χ3v) is 5.81. The number of nitrogens with zero attached hydrogens (tertiary/aromatic N) is 1. The average Bonchev–Trinajstić information content (AvgIpc) is 3.10. The van der Waals surface area contributed by atoms with Crippen LogP contribution in [0.25, 0.3) is 10.9 Å². The first-order chi connectivity index (χ1) is 15.4. The highest BCUT2D eigenvalue weighted by atomic mass is 16.2. The van der Waals surface area contributed by atoms with E-state index in [1.165, 1.54) is 16.5 Å². The van der Waals surface area contributed by atoms with Crippen LogP contribution >= 0.6 is 0 Å². The van der Waals surface area contributed by atoms with E-state index < -0.39 is 6.04 Å². The standard InChI is InChI=1S/C25H28N4O3/c1-16(2)29-15-17(18-7-4-6-10-22(18)29)13-14-26-23(30)12-11-21-25(32)27-20-9-5-3-8-19(20)24(31)28-21/h3-10,15-16,21H,11-14H2,1-2H3,(H,26,30)(H,27,32)(H,28,31)/t21-/m0/s1. The lowest BCUT2D eigenvalue weighted by molar-refractivity contribution is -0.121. The SMILES string of the molecule is CC(C)n1cc(CCNC(=O)CC[C@@H]2NC(=O)c3ccccc3NC2=O)c2ccccc21. The summed E-state index contributed by atoms with van der Waals surface area (Å²) in [4.78, 5) is 37.2. The number of anilines is 1. The molecule has 1 aromatic heterocycles. The molecule has 0 fully saturated rings. The Morgan fingerprint density at radius 3 is 2.66 bits per heavy atom. The van der Waals surface area contributed by atoms with E-state index >= 15 is 0 Å². The van der Waals surface area contributed by atoms with Crippen molar-refractivity contribution in [1.29, 1.82) is 0 Å². The van der Waals surface area contributed by atoms with E-state index in [1.807, 2.05) is 12.1 Å². The second kappa shape index (κ2) is 9.26. The Morgan fingerprint density at radius 1 is 1.09 bits per heavy atom. The van der Waals surface area contributed by atoms with Gasteiger partial charge in [-0.15, -0.1) is 0 Å². The summed E-state index contributed by atoms with van der Waals surface area (Å²) < 4.78 is 2.25. The summed E-state index contributed by atoms with van der Waals surface area (Å²) >= 11 is 0. The summed E-state index contributed by atoms with van der Waals surface area (Å²) in [6.45, 7) is 4.82.